The van der Waals surface area contributed by atoms with Gasteiger partial charge in [0.05, 0.1) is 16.8 Å². The van der Waals surface area contributed by atoms with E-state index in [-0.39, 0.29) is 11.0 Å². The number of hydrogen-bond acceptors (Lipinski definition) is 5. The second-order valence-corrected chi connectivity index (χ2v) is 8.64. The number of amides is 1. The van der Waals surface area contributed by atoms with Gasteiger partial charge in [-0.2, -0.15) is 0 Å². The molecule has 4 rings (SSSR count). The van der Waals surface area contributed by atoms with Crippen molar-refractivity contribution in [2.75, 3.05) is 11.9 Å². The minimum atomic E-state index is -0.273. The number of hydrogen-bond donors (Lipinski definition) is 2. The SMILES string of the molecule is CCCCOc1ccc(C(=O)NC(=S)Nc2cccc(-c3nc4ccccc4s3)c2)cc1. The first-order valence-corrected chi connectivity index (χ1v) is 11.7. The Balaban J connectivity index is 1.37. The van der Waals surface area contributed by atoms with E-state index >= 15 is 0 Å². The van der Waals surface area contributed by atoms with Crippen molar-refractivity contribution in [1.82, 2.24) is 10.3 Å². The van der Waals surface area contributed by atoms with Crippen molar-refractivity contribution in [2.45, 2.75) is 19.8 Å². The zero-order valence-electron chi connectivity index (χ0n) is 17.6. The summed E-state index contributed by atoms with van der Waals surface area (Å²) in [6, 6.07) is 22.9. The monoisotopic (exact) mass is 461 g/mol. The lowest BCUT2D eigenvalue weighted by atomic mass is 10.2. The second kappa shape index (κ2) is 10.3. The number of carbonyl (C=O) groups is 1. The molecule has 1 amide bonds. The molecule has 0 aliphatic rings. The smallest absolute Gasteiger partial charge is 0.257 e. The van der Waals surface area contributed by atoms with Gasteiger partial charge in [0.25, 0.3) is 5.91 Å². The predicted molar refractivity (Wildman–Crippen MR) is 136 cm³/mol. The van der Waals surface area contributed by atoms with Gasteiger partial charge in [-0.05, 0) is 67.2 Å². The van der Waals surface area contributed by atoms with Gasteiger partial charge in [-0.1, -0.05) is 37.6 Å². The van der Waals surface area contributed by atoms with E-state index < -0.39 is 0 Å². The third kappa shape index (κ3) is 5.49. The van der Waals surface area contributed by atoms with Crippen LogP contribution >= 0.6 is 23.6 Å². The fourth-order valence-electron chi connectivity index (χ4n) is 3.10. The maximum absolute atomic E-state index is 12.5. The number of carbonyl (C=O) groups excluding carboxylic acids is 1. The first-order valence-electron chi connectivity index (χ1n) is 10.4. The van der Waals surface area contributed by atoms with Crippen LogP contribution in [0.15, 0.2) is 72.8 Å². The van der Waals surface area contributed by atoms with Gasteiger partial charge >= 0.3 is 0 Å². The number of fused-ring (bicyclic) bond motifs is 1. The Labute approximate surface area is 196 Å². The van der Waals surface area contributed by atoms with Crippen molar-refractivity contribution in [2.24, 2.45) is 0 Å². The first-order chi connectivity index (χ1) is 15.6. The molecule has 5 nitrogen and oxygen atoms in total. The predicted octanol–water partition coefficient (Wildman–Crippen LogP) is 6.27. The molecular formula is C25H23N3O2S2. The summed E-state index contributed by atoms with van der Waals surface area (Å²) in [6.45, 7) is 2.79. The van der Waals surface area contributed by atoms with Gasteiger partial charge in [-0.25, -0.2) is 4.98 Å². The average Bonchev–Trinajstić information content (AvgIpc) is 3.24. The molecule has 0 unspecified atom stereocenters. The van der Waals surface area contributed by atoms with Crippen molar-refractivity contribution in [3.05, 3.63) is 78.4 Å². The van der Waals surface area contributed by atoms with Crippen LogP contribution < -0.4 is 15.4 Å². The van der Waals surface area contributed by atoms with Crippen molar-refractivity contribution in [1.29, 1.82) is 0 Å². The van der Waals surface area contributed by atoms with E-state index in [9.17, 15) is 4.79 Å². The number of benzene rings is 3. The summed E-state index contributed by atoms with van der Waals surface area (Å²) < 4.78 is 6.78. The number of rotatable bonds is 7. The van der Waals surface area contributed by atoms with E-state index in [1.54, 1.807) is 35.6 Å². The van der Waals surface area contributed by atoms with Crippen LogP contribution in [-0.2, 0) is 0 Å². The van der Waals surface area contributed by atoms with E-state index in [1.165, 1.54) is 0 Å². The fourth-order valence-corrected chi connectivity index (χ4v) is 4.27. The van der Waals surface area contributed by atoms with Gasteiger partial charge in [-0.15, -0.1) is 11.3 Å². The van der Waals surface area contributed by atoms with Crippen LogP contribution in [0.2, 0.25) is 0 Å². The van der Waals surface area contributed by atoms with Crippen LogP contribution in [0.25, 0.3) is 20.8 Å². The molecule has 162 valence electrons. The largest absolute Gasteiger partial charge is 0.494 e. The van der Waals surface area contributed by atoms with Crippen LogP contribution in [0.4, 0.5) is 5.69 Å². The number of nitrogens with one attached hydrogen (secondary N) is 2. The lowest BCUT2D eigenvalue weighted by Gasteiger charge is -2.11. The molecule has 0 atom stereocenters. The number of para-hydroxylation sites is 1. The molecule has 0 aliphatic carbocycles. The normalized spacial score (nSPS) is 10.7. The highest BCUT2D eigenvalue weighted by Crippen LogP contribution is 2.31. The first kappa shape index (κ1) is 21.9. The molecule has 2 N–H and O–H groups in total. The minimum Gasteiger partial charge on any atom is -0.494 e. The van der Waals surface area contributed by atoms with Gasteiger partial charge in [0, 0.05) is 16.8 Å². The highest BCUT2D eigenvalue weighted by Gasteiger charge is 2.10. The number of unbranched alkanes of at least 4 members (excludes halogenated alkanes) is 1. The third-order valence-electron chi connectivity index (χ3n) is 4.77. The number of nitrogens with zero attached hydrogens (tertiary/aromatic N) is 1. The number of aromatic nitrogens is 1. The zero-order valence-corrected chi connectivity index (χ0v) is 19.3. The Morgan fingerprint density at radius 1 is 1.06 bits per heavy atom. The molecule has 4 aromatic rings. The van der Waals surface area contributed by atoms with E-state index in [2.05, 4.69) is 23.6 Å². The average molecular weight is 462 g/mol. The summed E-state index contributed by atoms with van der Waals surface area (Å²) in [7, 11) is 0. The molecule has 3 aromatic carbocycles. The molecule has 7 heteroatoms. The number of thiocarbonyl (C=S) groups is 1. The molecule has 0 saturated heterocycles. The summed E-state index contributed by atoms with van der Waals surface area (Å²) in [5.74, 6) is 0.479. The molecule has 0 spiro atoms. The quantitative estimate of drug-likeness (QED) is 0.251. The molecule has 0 fully saturated rings. The van der Waals surface area contributed by atoms with Gasteiger partial charge in [0.2, 0.25) is 0 Å². The summed E-state index contributed by atoms with van der Waals surface area (Å²) in [4.78, 5) is 17.2. The third-order valence-corrected chi connectivity index (χ3v) is 6.06. The Hall–Kier alpha value is -3.29. The van der Waals surface area contributed by atoms with Crippen LogP contribution in [0.5, 0.6) is 5.75 Å². The summed E-state index contributed by atoms with van der Waals surface area (Å²) in [6.07, 6.45) is 2.08. The maximum atomic E-state index is 12.5. The Morgan fingerprint density at radius 2 is 1.88 bits per heavy atom. The fraction of sp³-hybridized carbons (Fsp3) is 0.160. The van der Waals surface area contributed by atoms with Gasteiger partial charge in [0.1, 0.15) is 10.8 Å². The molecule has 0 bridgehead atoms. The highest BCUT2D eigenvalue weighted by atomic mass is 32.1. The Morgan fingerprint density at radius 3 is 2.66 bits per heavy atom. The molecule has 0 aliphatic heterocycles. The van der Waals surface area contributed by atoms with Gasteiger partial charge in [-0.3, -0.25) is 10.1 Å². The molecular weight excluding hydrogens is 438 g/mol. The van der Waals surface area contributed by atoms with E-state index in [0.29, 0.717) is 12.2 Å². The van der Waals surface area contributed by atoms with Crippen LogP contribution in [0.3, 0.4) is 0 Å². The van der Waals surface area contributed by atoms with Crippen LogP contribution in [0, 0.1) is 0 Å². The van der Waals surface area contributed by atoms with Crippen molar-refractivity contribution in [3.63, 3.8) is 0 Å². The summed E-state index contributed by atoms with van der Waals surface area (Å²) >= 11 is 6.98. The maximum Gasteiger partial charge on any atom is 0.257 e. The van der Waals surface area contributed by atoms with Crippen molar-refractivity contribution >= 4 is 50.5 Å². The Kier molecular flexibility index (Phi) is 7.09. The highest BCUT2D eigenvalue weighted by molar-refractivity contribution is 7.80. The summed E-state index contributed by atoms with van der Waals surface area (Å²) in [5, 5.41) is 6.98. The van der Waals surface area contributed by atoms with E-state index in [4.69, 9.17) is 21.9 Å². The Bertz CT molecular complexity index is 1200. The standard InChI is InChI=1S/C25H23N3O2S2/c1-2-3-15-30-20-13-11-17(12-14-20)23(29)28-25(31)26-19-8-6-7-18(16-19)24-27-21-9-4-5-10-22(21)32-24/h4-14,16H,2-3,15H2,1H3,(H2,26,28,29,31). The van der Waals surface area contributed by atoms with Crippen LogP contribution in [0.1, 0.15) is 30.1 Å². The lowest BCUT2D eigenvalue weighted by molar-refractivity contribution is 0.0977. The molecule has 0 saturated carbocycles. The zero-order chi connectivity index (χ0) is 22.3. The minimum absolute atomic E-state index is 0.236. The second-order valence-electron chi connectivity index (χ2n) is 7.20. The number of thiazole rings is 1. The van der Waals surface area contributed by atoms with Gasteiger partial charge < -0.3 is 10.1 Å². The molecule has 1 heterocycles. The molecule has 0 radical (unpaired) electrons. The van der Waals surface area contributed by atoms with Gasteiger partial charge in [0.15, 0.2) is 5.11 Å². The molecule has 32 heavy (non-hydrogen) atoms. The van der Waals surface area contributed by atoms with E-state index in [1.807, 2.05) is 42.5 Å². The van der Waals surface area contributed by atoms with Crippen molar-refractivity contribution in [3.8, 4) is 16.3 Å². The number of anilines is 1. The summed E-state index contributed by atoms with van der Waals surface area (Å²) in [5.41, 5.74) is 3.27. The lowest BCUT2D eigenvalue weighted by Crippen LogP contribution is -2.34. The topological polar surface area (TPSA) is 63.2 Å². The van der Waals surface area contributed by atoms with Crippen molar-refractivity contribution < 1.29 is 9.53 Å². The molecule has 1 aromatic heterocycles. The van der Waals surface area contributed by atoms with Crippen LogP contribution in [-0.4, -0.2) is 22.6 Å². The van der Waals surface area contributed by atoms with E-state index in [0.717, 1.165) is 45.1 Å². The number of ether oxygens (including phenoxy) is 1.